The Bertz CT molecular complexity index is 2400. The first-order valence-corrected chi connectivity index (χ1v) is 22.3. The molecule has 1 saturated carbocycles. The number of anilines is 3. The number of carbonyl (C=O) groups excluding carboxylic acids is 5. The molecule has 7 heterocycles. The number of likely N-dealkylation sites (tertiary alicyclic amines) is 1. The fourth-order valence-electron chi connectivity index (χ4n) is 9.73. The van der Waals surface area contributed by atoms with Crippen LogP contribution in [0.3, 0.4) is 0 Å². The van der Waals surface area contributed by atoms with Crippen LogP contribution in [0.15, 0.2) is 42.9 Å². The first-order chi connectivity index (χ1) is 31.0. The van der Waals surface area contributed by atoms with Gasteiger partial charge in [-0.15, -0.1) is 0 Å². The Labute approximate surface area is 368 Å². The summed E-state index contributed by atoms with van der Waals surface area (Å²) >= 11 is 0. The minimum absolute atomic E-state index is 0.0171. The maximum Gasteiger partial charge on any atom is 0.284 e. The van der Waals surface area contributed by atoms with Gasteiger partial charge >= 0.3 is 0 Å². The SMILES string of the molecule is CN(CCCOC1CCN(C[C@H]2CC[C@H](n3cc(NC(=O)c4cnn5ccc(N6CCOCC6)nc45)c(C(F)F)n3)CC2)CC1)c1cccc2c1C(=O)N(C1CCC(=O)NC1=O)C2=O. The zero-order chi connectivity index (χ0) is 44.5. The summed E-state index contributed by atoms with van der Waals surface area (Å²) in [4.78, 5) is 76.6. The van der Waals surface area contributed by atoms with Gasteiger partial charge in [-0.2, -0.15) is 10.2 Å². The molecule has 2 N–H and O–H groups in total. The van der Waals surface area contributed by atoms with Gasteiger partial charge in [-0.05, 0) is 75.5 Å². The number of fused-ring (bicyclic) bond motifs is 2. The number of ether oxygens (including phenoxy) is 2. The normalized spacial score (nSPS) is 22.4. The minimum Gasteiger partial charge on any atom is -0.378 e. The number of aromatic nitrogens is 5. The Kier molecular flexibility index (Phi) is 12.7. The van der Waals surface area contributed by atoms with Gasteiger partial charge in [0.15, 0.2) is 11.3 Å². The molecular weight excluding hydrogens is 833 g/mol. The maximum absolute atomic E-state index is 14.3. The fourth-order valence-corrected chi connectivity index (χ4v) is 9.73. The van der Waals surface area contributed by atoms with Crippen LogP contribution in [0.25, 0.3) is 5.65 Å². The van der Waals surface area contributed by atoms with E-state index in [1.807, 2.05) is 18.0 Å². The van der Waals surface area contributed by atoms with Gasteiger partial charge in [0, 0.05) is 71.7 Å². The number of rotatable bonds is 14. The van der Waals surface area contributed by atoms with E-state index in [1.165, 1.54) is 16.9 Å². The van der Waals surface area contributed by atoms with Crippen molar-refractivity contribution < 1.29 is 42.2 Å². The molecule has 0 radical (unpaired) electrons. The number of morpholine rings is 1. The van der Waals surface area contributed by atoms with Crippen LogP contribution in [-0.4, -0.2) is 142 Å². The van der Waals surface area contributed by atoms with E-state index in [0.717, 1.165) is 63.1 Å². The molecular formula is C44H53F2N11O7. The Morgan fingerprint density at radius 2 is 1.78 bits per heavy atom. The number of hydrogen-bond acceptors (Lipinski definition) is 13. The lowest BCUT2D eigenvalue weighted by Gasteiger charge is -2.36. The number of imide groups is 2. The van der Waals surface area contributed by atoms with Crippen molar-refractivity contribution in [3.63, 3.8) is 0 Å². The summed E-state index contributed by atoms with van der Waals surface area (Å²) in [6.07, 6.45) is 8.13. The summed E-state index contributed by atoms with van der Waals surface area (Å²) < 4.78 is 43.3. The highest BCUT2D eigenvalue weighted by molar-refractivity contribution is 6.25. The lowest BCUT2D eigenvalue weighted by atomic mass is 9.85. The van der Waals surface area contributed by atoms with E-state index in [9.17, 15) is 32.8 Å². The Hall–Kier alpha value is -5.86. The largest absolute Gasteiger partial charge is 0.378 e. The molecule has 5 aliphatic rings. The van der Waals surface area contributed by atoms with Gasteiger partial charge < -0.3 is 29.5 Å². The Balaban J connectivity index is 0.710. The monoisotopic (exact) mass is 885 g/mol. The molecule has 4 aliphatic heterocycles. The molecule has 1 aliphatic carbocycles. The molecule has 1 unspecified atom stereocenters. The highest BCUT2D eigenvalue weighted by atomic mass is 19.3. The molecule has 18 nitrogen and oxygen atoms in total. The number of amides is 5. The van der Waals surface area contributed by atoms with E-state index < -0.39 is 47.7 Å². The molecule has 0 bridgehead atoms. The summed E-state index contributed by atoms with van der Waals surface area (Å²) in [5.41, 5.74) is 1.18. The summed E-state index contributed by atoms with van der Waals surface area (Å²) in [6.45, 7) is 6.46. The van der Waals surface area contributed by atoms with Crippen LogP contribution >= 0.6 is 0 Å². The summed E-state index contributed by atoms with van der Waals surface area (Å²) in [7, 11) is 1.87. The molecule has 4 fully saturated rings. The molecule has 64 heavy (non-hydrogen) atoms. The average Bonchev–Trinajstić information content (AvgIpc) is 4.00. The fraction of sp³-hybridized carbons (Fsp3) is 0.545. The topological polar surface area (TPSA) is 189 Å². The molecule has 5 amide bonds. The molecule has 3 saturated heterocycles. The molecule has 1 aromatic carbocycles. The third-order valence-corrected chi connectivity index (χ3v) is 13.2. The van der Waals surface area contributed by atoms with Gasteiger partial charge in [-0.1, -0.05) is 6.07 Å². The van der Waals surface area contributed by atoms with Gasteiger partial charge in [0.25, 0.3) is 24.1 Å². The van der Waals surface area contributed by atoms with Gasteiger partial charge in [-0.25, -0.2) is 18.3 Å². The molecule has 340 valence electrons. The van der Waals surface area contributed by atoms with Crippen LogP contribution in [0.5, 0.6) is 0 Å². The quantitative estimate of drug-likeness (QED) is 0.136. The van der Waals surface area contributed by atoms with Gasteiger partial charge in [0.2, 0.25) is 11.8 Å². The number of piperidine rings is 2. The smallest absolute Gasteiger partial charge is 0.284 e. The van der Waals surface area contributed by atoms with Crippen LogP contribution in [0.2, 0.25) is 0 Å². The number of carbonyl (C=O) groups is 5. The number of benzene rings is 1. The predicted octanol–water partition coefficient (Wildman–Crippen LogP) is 4.09. The van der Waals surface area contributed by atoms with Crippen molar-refractivity contribution in [2.24, 2.45) is 5.92 Å². The molecule has 4 aromatic rings. The summed E-state index contributed by atoms with van der Waals surface area (Å²) in [6, 6.07) is 5.88. The first-order valence-electron chi connectivity index (χ1n) is 22.3. The standard InChI is InChI=1S/C44H53F2N11O7/c1-52(33-5-2-4-30-37(33)44(62)57(43(30)61)34-10-11-36(58)50-42(34)60)15-3-21-64-29-12-16-53(17-13-29)25-27-6-8-28(9-7-27)56-26-32(38(51-56)39(45)46)48-41(59)31-24-47-55-18-14-35(49-40(31)55)54-19-22-63-23-20-54/h2,4-5,14,18,24,26-29,34,39H,3,6-13,15-17,19-23,25H2,1H3,(H,48,59)(H,50,58,60)/t27-,28-,34?. The van der Waals surface area contributed by atoms with Crippen molar-refractivity contribution in [3.8, 4) is 0 Å². The van der Waals surface area contributed by atoms with E-state index in [2.05, 4.69) is 35.6 Å². The molecule has 1 atom stereocenters. The van der Waals surface area contributed by atoms with Crippen LogP contribution in [0, 0.1) is 5.92 Å². The van der Waals surface area contributed by atoms with Crippen LogP contribution < -0.4 is 20.4 Å². The van der Waals surface area contributed by atoms with Gasteiger partial charge in [-0.3, -0.25) is 38.9 Å². The molecule has 9 rings (SSSR count). The highest BCUT2D eigenvalue weighted by Crippen LogP contribution is 2.37. The second-order valence-corrected chi connectivity index (χ2v) is 17.3. The zero-order valence-corrected chi connectivity index (χ0v) is 35.8. The van der Waals surface area contributed by atoms with Crippen LogP contribution in [-0.2, 0) is 19.1 Å². The number of halogens is 2. The predicted molar refractivity (Wildman–Crippen MR) is 229 cm³/mol. The van der Waals surface area contributed by atoms with E-state index in [4.69, 9.17) is 9.47 Å². The van der Waals surface area contributed by atoms with Crippen molar-refractivity contribution in [1.29, 1.82) is 0 Å². The Morgan fingerprint density at radius 1 is 1.00 bits per heavy atom. The lowest BCUT2D eigenvalue weighted by Crippen LogP contribution is -2.54. The van der Waals surface area contributed by atoms with Crippen molar-refractivity contribution in [3.05, 3.63) is 65.2 Å². The van der Waals surface area contributed by atoms with Crippen LogP contribution in [0.1, 0.15) is 107 Å². The number of nitrogens with zero attached hydrogens (tertiary/aromatic N) is 9. The third-order valence-electron chi connectivity index (χ3n) is 13.2. The molecule has 3 aromatic heterocycles. The van der Waals surface area contributed by atoms with E-state index in [-0.39, 0.29) is 47.4 Å². The first kappa shape index (κ1) is 43.4. The summed E-state index contributed by atoms with van der Waals surface area (Å²) in [5, 5.41) is 13.4. The number of nitrogens with one attached hydrogen (secondary N) is 2. The Morgan fingerprint density at radius 3 is 2.53 bits per heavy atom. The second-order valence-electron chi connectivity index (χ2n) is 17.3. The third kappa shape index (κ3) is 8.94. The van der Waals surface area contributed by atoms with Gasteiger partial charge in [0.1, 0.15) is 17.4 Å². The minimum atomic E-state index is -2.87. The van der Waals surface area contributed by atoms with Crippen molar-refractivity contribution in [1.82, 2.24) is 39.5 Å². The second kappa shape index (κ2) is 18.7. The highest BCUT2D eigenvalue weighted by Gasteiger charge is 2.46. The van der Waals surface area contributed by atoms with Crippen LogP contribution in [0.4, 0.5) is 26.0 Å². The number of hydrogen-bond donors (Lipinski definition) is 2. The van der Waals surface area contributed by atoms with E-state index >= 15 is 0 Å². The lowest BCUT2D eigenvalue weighted by molar-refractivity contribution is -0.136. The van der Waals surface area contributed by atoms with Crippen molar-refractivity contribution in [2.75, 3.05) is 81.3 Å². The van der Waals surface area contributed by atoms with E-state index in [0.29, 0.717) is 68.9 Å². The number of alkyl halides is 2. The van der Waals surface area contributed by atoms with Crippen molar-refractivity contribution >= 4 is 52.4 Å². The summed E-state index contributed by atoms with van der Waals surface area (Å²) in [5.74, 6) is -1.51. The zero-order valence-electron chi connectivity index (χ0n) is 35.8. The molecule has 0 spiro atoms. The average molecular weight is 886 g/mol. The van der Waals surface area contributed by atoms with Crippen molar-refractivity contribution in [2.45, 2.75) is 82.4 Å². The maximum atomic E-state index is 14.3. The van der Waals surface area contributed by atoms with E-state index in [1.54, 1.807) is 29.1 Å². The van der Waals surface area contributed by atoms with Gasteiger partial charge in [0.05, 0.1) is 54.1 Å². The molecule has 20 heteroatoms.